The Morgan fingerprint density at radius 1 is 0.950 bits per heavy atom. The summed E-state index contributed by atoms with van der Waals surface area (Å²) in [5.41, 5.74) is 2.71. The molecule has 0 atom stereocenters. The van der Waals surface area contributed by atoms with Gasteiger partial charge in [0.05, 0.1) is 24.5 Å². The molecule has 0 saturated heterocycles. The first-order chi connectivity index (χ1) is 19.3. The van der Waals surface area contributed by atoms with Crippen LogP contribution < -0.4 is 14.8 Å². The zero-order valence-corrected chi connectivity index (χ0v) is 24.0. The van der Waals surface area contributed by atoms with Gasteiger partial charge in [0.15, 0.2) is 11.5 Å². The third-order valence-corrected chi connectivity index (χ3v) is 12.4. The van der Waals surface area contributed by atoms with Crippen LogP contribution in [0.2, 0.25) is 5.04 Å². The molecule has 0 radical (unpaired) electrons. The summed E-state index contributed by atoms with van der Waals surface area (Å²) in [5.74, 6) is 0.999. The van der Waals surface area contributed by atoms with Gasteiger partial charge in [0, 0.05) is 5.56 Å². The highest BCUT2D eigenvalue weighted by atomic mass is 28.4. The number of esters is 1. The van der Waals surface area contributed by atoms with Gasteiger partial charge >= 0.3 is 14.3 Å². The van der Waals surface area contributed by atoms with E-state index in [2.05, 4.69) is 84.5 Å². The number of hydrogen-bond acceptors (Lipinski definition) is 6. The number of hydrogen-bond donors (Lipinski definition) is 0. The van der Waals surface area contributed by atoms with Crippen LogP contribution in [-0.4, -0.2) is 45.2 Å². The van der Waals surface area contributed by atoms with Gasteiger partial charge in [-0.1, -0.05) is 81.4 Å². The molecule has 3 aromatic carbocycles. The first-order valence-electron chi connectivity index (χ1n) is 13.4. The summed E-state index contributed by atoms with van der Waals surface area (Å²) in [6.07, 6.45) is 3.34. The second-order valence-corrected chi connectivity index (χ2v) is 15.1. The maximum atomic E-state index is 12.7. The van der Waals surface area contributed by atoms with E-state index in [1.807, 2.05) is 39.5 Å². The van der Waals surface area contributed by atoms with Crippen LogP contribution in [-0.2, 0) is 11.3 Å². The molecule has 6 rings (SSSR count). The Bertz CT molecular complexity index is 1630. The van der Waals surface area contributed by atoms with Crippen LogP contribution in [0.4, 0.5) is 0 Å². The van der Waals surface area contributed by atoms with Gasteiger partial charge in [0.25, 0.3) is 0 Å². The maximum absolute atomic E-state index is 12.7. The molecule has 3 heterocycles. The summed E-state index contributed by atoms with van der Waals surface area (Å²) >= 11 is 0. The molecule has 0 spiro atoms. The second-order valence-electron chi connectivity index (χ2n) is 10.9. The van der Waals surface area contributed by atoms with Crippen molar-refractivity contribution in [2.24, 2.45) is 0 Å². The molecule has 0 aliphatic carbocycles. The van der Waals surface area contributed by atoms with Crippen molar-refractivity contribution in [3.8, 4) is 22.8 Å². The molecule has 0 saturated carbocycles. The van der Waals surface area contributed by atoms with Gasteiger partial charge in [0.1, 0.15) is 18.4 Å². The molecule has 0 bridgehead atoms. The number of ether oxygens (including phenoxy) is 1. The van der Waals surface area contributed by atoms with Crippen molar-refractivity contribution in [1.29, 1.82) is 0 Å². The number of benzene rings is 3. The van der Waals surface area contributed by atoms with E-state index in [4.69, 9.17) is 9.16 Å². The van der Waals surface area contributed by atoms with Crippen molar-refractivity contribution in [2.45, 2.75) is 39.3 Å². The fourth-order valence-corrected chi connectivity index (χ4v) is 10.0. The quantitative estimate of drug-likeness (QED) is 0.223. The van der Waals surface area contributed by atoms with E-state index in [0.29, 0.717) is 18.1 Å². The Labute approximate surface area is 234 Å². The highest BCUT2D eigenvalue weighted by molar-refractivity contribution is 7.00. The predicted octanol–water partition coefficient (Wildman–Crippen LogP) is 4.61. The van der Waals surface area contributed by atoms with E-state index >= 15 is 0 Å². The van der Waals surface area contributed by atoms with Crippen LogP contribution in [0, 0.1) is 0 Å². The molecule has 0 amide bonds. The third-order valence-electron chi connectivity index (χ3n) is 7.43. The highest BCUT2D eigenvalue weighted by Gasteiger charge is 2.52. The lowest BCUT2D eigenvalue weighted by molar-refractivity contribution is 0.0518. The van der Waals surface area contributed by atoms with E-state index in [1.165, 1.54) is 10.4 Å². The van der Waals surface area contributed by atoms with Crippen molar-refractivity contribution < 1.29 is 14.0 Å². The van der Waals surface area contributed by atoms with Crippen molar-refractivity contribution >= 4 is 24.7 Å². The largest absolute Gasteiger partial charge is 0.534 e. The molecule has 2 aromatic heterocycles. The molecule has 0 N–H and O–H groups in total. The molecule has 1 aliphatic heterocycles. The number of nitrogens with zero attached hydrogens (tertiary/aromatic N) is 5. The minimum Gasteiger partial charge on any atom is -0.534 e. The molecule has 40 heavy (non-hydrogen) atoms. The van der Waals surface area contributed by atoms with Gasteiger partial charge < -0.3 is 13.7 Å². The lowest BCUT2D eigenvalue weighted by Gasteiger charge is -2.43. The molecule has 0 unspecified atom stereocenters. The van der Waals surface area contributed by atoms with Crippen LogP contribution >= 0.6 is 0 Å². The van der Waals surface area contributed by atoms with Gasteiger partial charge in [0.2, 0.25) is 0 Å². The Morgan fingerprint density at radius 3 is 2.25 bits per heavy atom. The van der Waals surface area contributed by atoms with Crippen molar-refractivity contribution in [3.63, 3.8) is 0 Å². The Kier molecular flexibility index (Phi) is 6.38. The standard InChI is InChI=1S/C31H31N5O3Si/c1-5-38-30(37)28-27-19-35-21-33-34-29(35)25-18-22(16-17-26(25)36(27)20-32-28)39-40(31(2,3)4,23-12-8-6-9-13-23)24-14-10-7-11-15-24/h6-18,20-21H,5,19H2,1-4H3. The summed E-state index contributed by atoms with van der Waals surface area (Å²) in [5, 5.41) is 10.8. The highest BCUT2D eigenvalue weighted by Crippen LogP contribution is 2.40. The Balaban J connectivity index is 1.53. The smallest absolute Gasteiger partial charge is 0.358 e. The van der Waals surface area contributed by atoms with Gasteiger partial charge in [-0.25, -0.2) is 9.78 Å². The molecule has 202 valence electrons. The average molecular weight is 550 g/mol. The fourth-order valence-electron chi connectivity index (χ4n) is 5.64. The van der Waals surface area contributed by atoms with Gasteiger partial charge in [-0.05, 0) is 40.5 Å². The lowest BCUT2D eigenvalue weighted by Crippen LogP contribution is -2.68. The Hall–Kier alpha value is -4.50. The van der Waals surface area contributed by atoms with E-state index < -0.39 is 14.3 Å². The minimum atomic E-state index is -2.84. The predicted molar refractivity (Wildman–Crippen MR) is 156 cm³/mol. The topological polar surface area (TPSA) is 84.1 Å². The van der Waals surface area contributed by atoms with E-state index in [0.717, 1.165) is 22.7 Å². The fraction of sp³-hybridized carbons (Fsp3) is 0.226. The number of carbonyl (C=O) groups excluding carboxylic acids is 1. The summed E-state index contributed by atoms with van der Waals surface area (Å²) in [6, 6.07) is 27.2. The summed E-state index contributed by atoms with van der Waals surface area (Å²) in [6.45, 7) is 9.22. The normalized spacial score (nSPS) is 12.6. The number of aromatic nitrogens is 5. The maximum Gasteiger partial charge on any atom is 0.358 e. The van der Waals surface area contributed by atoms with Crippen molar-refractivity contribution in [3.05, 3.63) is 103 Å². The number of imidazole rings is 1. The van der Waals surface area contributed by atoms with E-state index in [9.17, 15) is 4.79 Å². The van der Waals surface area contributed by atoms with Gasteiger partial charge in [-0.15, -0.1) is 10.2 Å². The lowest BCUT2D eigenvalue weighted by atomic mass is 10.1. The number of fused-ring (bicyclic) bond motifs is 5. The molecule has 8 nitrogen and oxygen atoms in total. The zero-order valence-electron chi connectivity index (χ0n) is 23.0. The molecular weight excluding hydrogens is 518 g/mol. The SMILES string of the molecule is CCOC(=O)c1ncn2c1Cn1cnnc1-c1cc(O[Si](c3ccccc3)(c3ccccc3)C(C)(C)C)ccc1-2. The first-order valence-corrected chi connectivity index (χ1v) is 15.3. The van der Waals surface area contributed by atoms with Crippen LogP contribution in [0.5, 0.6) is 5.75 Å². The molecule has 5 aromatic rings. The van der Waals surface area contributed by atoms with Crippen LogP contribution in [0.25, 0.3) is 17.1 Å². The van der Waals surface area contributed by atoms with E-state index in [1.54, 1.807) is 19.6 Å². The first kappa shape index (κ1) is 25.8. The molecule has 1 aliphatic rings. The molecule has 0 fully saturated rings. The van der Waals surface area contributed by atoms with Crippen LogP contribution in [0.15, 0.2) is 91.5 Å². The summed E-state index contributed by atoms with van der Waals surface area (Å²) in [4.78, 5) is 17.1. The van der Waals surface area contributed by atoms with E-state index in [-0.39, 0.29) is 11.6 Å². The number of carbonyl (C=O) groups is 1. The minimum absolute atomic E-state index is 0.186. The second kappa shape index (κ2) is 9.91. The van der Waals surface area contributed by atoms with Gasteiger partial charge in [-0.2, -0.15) is 0 Å². The van der Waals surface area contributed by atoms with Crippen LogP contribution in [0.3, 0.4) is 0 Å². The molecular formula is C31H31N5O3Si. The monoisotopic (exact) mass is 549 g/mol. The third kappa shape index (κ3) is 4.13. The number of rotatable bonds is 6. The molecule has 9 heteroatoms. The van der Waals surface area contributed by atoms with Crippen LogP contribution in [0.1, 0.15) is 43.9 Å². The average Bonchev–Trinajstić information content (AvgIpc) is 3.57. The van der Waals surface area contributed by atoms with Crippen molar-refractivity contribution in [1.82, 2.24) is 24.3 Å². The van der Waals surface area contributed by atoms with Gasteiger partial charge in [-0.3, -0.25) is 4.57 Å². The summed E-state index contributed by atoms with van der Waals surface area (Å²) < 4.78 is 16.4. The Morgan fingerprint density at radius 2 is 1.62 bits per heavy atom. The van der Waals surface area contributed by atoms with Crippen molar-refractivity contribution in [2.75, 3.05) is 6.61 Å². The summed E-state index contributed by atoms with van der Waals surface area (Å²) in [7, 11) is -2.84. The zero-order chi connectivity index (χ0) is 27.9.